The molecule has 0 amide bonds. The largest absolute Gasteiger partial charge is 0.324 e. The highest BCUT2D eigenvalue weighted by Gasteiger charge is 2.47. The first-order valence-corrected chi connectivity index (χ1v) is 4.65. The van der Waals surface area contributed by atoms with E-state index in [1.54, 1.807) is 0 Å². The van der Waals surface area contributed by atoms with Crippen molar-refractivity contribution in [1.29, 1.82) is 0 Å². The molecule has 11 heavy (non-hydrogen) atoms. The predicted octanol–water partition coefficient (Wildman–Crippen LogP) is 0.960. The van der Waals surface area contributed by atoms with Gasteiger partial charge in [0.1, 0.15) is 0 Å². The van der Waals surface area contributed by atoms with Crippen LogP contribution >= 0.6 is 0 Å². The fourth-order valence-electron chi connectivity index (χ4n) is 2.65. The van der Waals surface area contributed by atoms with Crippen molar-refractivity contribution in [2.24, 2.45) is 5.73 Å². The number of hydrogen-bond donors (Lipinski definition) is 1. The molecule has 64 valence electrons. The molecule has 0 radical (unpaired) electrons. The Morgan fingerprint density at radius 3 is 2.55 bits per heavy atom. The molecule has 2 atom stereocenters. The van der Waals surface area contributed by atoms with Crippen molar-refractivity contribution in [2.45, 2.75) is 50.7 Å². The maximum absolute atomic E-state index is 6.19. The molecule has 0 aromatic carbocycles. The van der Waals surface area contributed by atoms with Crippen LogP contribution in [0.15, 0.2) is 0 Å². The van der Waals surface area contributed by atoms with Gasteiger partial charge in [-0.1, -0.05) is 0 Å². The molecular formula is C9H18N2. The second kappa shape index (κ2) is 2.20. The molecule has 2 nitrogen and oxygen atoms in total. The summed E-state index contributed by atoms with van der Waals surface area (Å²) in [4.78, 5) is 2.56. The van der Waals surface area contributed by atoms with Crippen LogP contribution in [0.1, 0.15) is 33.1 Å². The zero-order valence-corrected chi connectivity index (χ0v) is 7.51. The summed E-state index contributed by atoms with van der Waals surface area (Å²) in [7, 11) is 0. The first-order valence-electron chi connectivity index (χ1n) is 4.65. The lowest BCUT2D eigenvalue weighted by Gasteiger charge is -2.33. The molecule has 2 rings (SSSR count). The Bertz CT molecular complexity index is 167. The van der Waals surface area contributed by atoms with E-state index in [-0.39, 0.29) is 5.54 Å². The highest BCUT2D eigenvalue weighted by Crippen LogP contribution is 2.39. The summed E-state index contributed by atoms with van der Waals surface area (Å²) in [5.41, 5.74) is 6.38. The predicted molar refractivity (Wildman–Crippen MR) is 46.4 cm³/mol. The quantitative estimate of drug-likeness (QED) is 0.609. The summed E-state index contributed by atoms with van der Waals surface area (Å²) >= 11 is 0. The van der Waals surface area contributed by atoms with Crippen LogP contribution in [0.4, 0.5) is 0 Å². The first kappa shape index (κ1) is 7.56. The first-order chi connectivity index (χ1) is 5.11. The Morgan fingerprint density at radius 1 is 1.55 bits per heavy atom. The van der Waals surface area contributed by atoms with E-state index in [1.165, 1.54) is 19.3 Å². The Labute approximate surface area is 68.7 Å². The summed E-state index contributed by atoms with van der Waals surface area (Å²) in [6.45, 7) is 5.67. The van der Waals surface area contributed by atoms with Crippen LogP contribution in [0.2, 0.25) is 0 Å². The van der Waals surface area contributed by atoms with Gasteiger partial charge in [-0.05, 0) is 33.1 Å². The molecule has 2 bridgehead atoms. The molecule has 2 N–H and O–H groups in total. The Morgan fingerprint density at radius 2 is 2.27 bits per heavy atom. The minimum atomic E-state index is 0.189. The molecule has 0 unspecified atom stereocenters. The van der Waals surface area contributed by atoms with Gasteiger partial charge >= 0.3 is 0 Å². The van der Waals surface area contributed by atoms with Crippen molar-refractivity contribution in [2.75, 3.05) is 6.54 Å². The van der Waals surface area contributed by atoms with Crippen LogP contribution in [0.5, 0.6) is 0 Å². The second-order valence-electron chi connectivity index (χ2n) is 4.53. The van der Waals surface area contributed by atoms with Crippen LogP contribution in [0.25, 0.3) is 0 Å². The van der Waals surface area contributed by atoms with Gasteiger partial charge in [0.2, 0.25) is 0 Å². The number of nitrogens with two attached hydrogens (primary N) is 1. The molecule has 0 aromatic heterocycles. The highest BCUT2D eigenvalue weighted by molar-refractivity contribution is 5.06. The van der Waals surface area contributed by atoms with Gasteiger partial charge in [0.15, 0.2) is 0 Å². The lowest BCUT2D eigenvalue weighted by Crippen LogP contribution is -2.46. The van der Waals surface area contributed by atoms with Gasteiger partial charge in [0.25, 0.3) is 0 Å². The molecule has 1 heterocycles. The topological polar surface area (TPSA) is 29.3 Å². The number of hydrogen-bond acceptors (Lipinski definition) is 2. The molecule has 2 heteroatoms. The molecule has 0 aromatic rings. The average molecular weight is 154 g/mol. The zero-order chi connectivity index (χ0) is 8.06. The van der Waals surface area contributed by atoms with Gasteiger partial charge in [0.05, 0.1) is 0 Å². The molecule has 1 aliphatic heterocycles. The zero-order valence-electron chi connectivity index (χ0n) is 7.51. The lowest BCUT2D eigenvalue weighted by atomic mass is 10.0. The number of nitrogens with zero attached hydrogens (tertiary/aromatic N) is 1. The Kier molecular flexibility index (Phi) is 1.52. The third-order valence-electron chi connectivity index (χ3n) is 3.25. The smallest absolute Gasteiger partial charge is 0.0299 e. The summed E-state index contributed by atoms with van der Waals surface area (Å²) < 4.78 is 0. The van der Waals surface area contributed by atoms with Crippen molar-refractivity contribution < 1.29 is 0 Å². The van der Waals surface area contributed by atoms with Gasteiger partial charge in [-0.3, -0.25) is 4.90 Å². The van der Waals surface area contributed by atoms with E-state index in [1.807, 2.05) is 0 Å². The normalized spacial score (nSPS) is 44.2. The maximum atomic E-state index is 6.19. The van der Waals surface area contributed by atoms with Crippen molar-refractivity contribution in [1.82, 2.24) is 4.90 Å². The Hall–Kier alpha value is -0.0800. The van der Waals surface area contributed by atoms with Gasteiger partial charge < -0.3 is 5.73 Å². The highest BCUT2D eigenvalue weighted by atomic mass is 15.2. The van der Waals surface area contributed by atoms with Crippen LogP contribution in [0.3, 0.4) is 0 Å². The average Bonchev–Trinajstić information content (AvgIpc) is 2.41. The molecule has 1 aliphatic carbocycles. The maximum Gasteiger partial charge on any atom is 0.0299 e. The SMILES string of the molecule is CC(C)N1C[C@@]2(N)CC[C@@H]1C2. The summed E-state index contributed by atoms with van der Waals surface area (Å²) in [6.07, 6.45) is 3.82. The van der Waals surface area contributed by atoms with Crippen LogP contribution < -0.4 is 5.73 Å². The van der Waals surface area contributed by atoms with Gasteiger partial charge in [-0.25, -0.2) is 0 Å². The molecule has 1 saturated carbocycles. The van der Waals surface area contributed by atoms with Gasteiger partial charge in [-0.15, -0.1) is 0 Å². The monoisotopic (exact) mass is 154 g/mol. The number of fused-ring (bicyclic) bond motifs is 2. The van der Waals surface area contributed by atoms with E-state index < -0.39 is 0 Å². The van der Waals surface area contributed by atoms with Crippen LogP contribution in [0, 0.1) is 0 Å². The number of piperidine rings is 1. The summed E-state index contributed by atoms with van der Waals surface area (Å²) in [5.74, 6) is 0. The van der Waals surface area contributed by atoms with E-state index in [0.29, 0.717) is 6.04 Å². The van der Waals surface area contributed by atoms with E-state index in [4.69, 9.17) is 5.73 Å². The molecule has 2 fully saturated rings. The van der Waals surface area contributed by atoms with Crippen molar-refractivity contribution in [3.05, 3.63) is 0 Å². The van der Waals surface area contributed by atoms with E-state index >= 15 is 0 Å². The van der Waals surface area contributed by atoms with Crippen molar-refractivity contribution in [3.63, 3.8) is 0 Å². The minimum Gasteiger partial charge on any atom is -0.324 e. The number of likely N-dealkylation sites (tertiary alicyclic amines) is 1. The molecular weight excluding hydrogens is 136 g/mol. The lowest BCUT2D eigenvalue weighted by molar-refractivity contribution is 0.162. The Balaban J connectivity index is 2.10. The van der Waals surface area contributed by atoms with E-state index in [2.05, 4.69) is 18.7 Å². The van der Waals surface area contributed by atoms with Crippen molar-refractivity contribution >= 4 is 0 Å². The van der Waals surface area contributed by atoms with Crippen LogP contribution in [-0.2, 0) is 0 Å². The third kappa shape index (κ3) is 1.09. The molecule has 1 saturated heterocycles. The fraction of sp³-hybridized carbons (Fsp3) is 1.00. The molecule has 2 aliphatic rings. The van der Waals surface area contributed by atoms with Gasteiger partial charge in [-0.2, -0.15) is 0 Å². The third-order valence-corrected chi connectivity index (χ3v) is 3.25. The second-order valence-corrected chi connectivity index (χ2v) is 4.53. The summed E-state index contributed by atoms with van der Waals surface area (Å²) in [5, 5.41) is 0. The fourth-order valence-corrected chi connectivity index (χ4v) is 2.65. The standard InChI is InChI=1S/C9H18N2/c1-7(2)11-6-9(10)4-3-8(11)5-9/h7-8H,3-6,10H2,1-2H3/t8-,9-/m1/s1. The summed E-state index contributed by atoms with van der Waals surface area (Å²) in [6, 6.07) is 1.49. The molecule has 0 spiro atoms. The minimum absolute atomic E-state index is 0.189. The van der Waals surface area contributed by atoms with Crippen molar-refractivity contribution in [3.8, 4) is 0 Å². The van der Waals surface area contributed by atoms with Crippen LogP contribution in [-0.4, -0.2) is 29.1 Å². The van der Waals surface area contributed by atoms with Gasteiger partial charge in [0, 0.05) is 24.2 Å². The van der Waals surface area contributed by atoms with E-state index in [9.17, 15) is 0 Å². The van der Waals surface area contributed by atoms with E-state index in [0.717, 1.165) is 12.6 Å². The number of rotatable bonds is 1.